The number of methoxy groups -OCH3 is 1. The molecule has 0 aliphatic heterocycles. The Kier molecular flexibility index (Phi) is 5.69. The quantitative estimate of drug-likeness (QED) is 0.606. The van der Waals surface area contributed by atoms with Crippen molar-refractivity contribution in [1.82, 2.24) is 4.98 Å². The summed E-state index contributed by atoms with van der Waals surface area (Å²) >= 11 is 0. The van der Waals surface area contributed by atoms with E-state index in [1.807, 2.05) is 18.3 Å². The summed E-state index contributed by atoms with van der Waals surface area (Å²) < 4.78 is 10.3. The molecule has 19 heavy (non-hydrogen) atoms. The van der Waals surface area contributed by atoms with Gasteiger partial charge in [-0.25, -0.2) is 4.98 Å². The van der Waals surface area contributed by atoms with Crippen molar-refractivity contribution in [3.05, 3.63) is 30.5 Å². The van der Waals surface area contributed by atoms with Gasteiger partial charge >= 0.3 is 0 Å². The number of hydrogen-bond donors (Lipinski definition) is 1. The molecule has 1 atom stereocenters. The van der Waals surface area contributed by atoms with E-state index in [0.717, 1.165) is 18.2 Å². The van der Waals surface area contributed by atoms with Gasteiger partial charge in [-0.05, 0) is 31.2 Å². The van der Waals surface area contributed by atoms with Gasteiger partial charge in [0, 0.05) is 19.7 Å². The van der Waals surface area contributed by atoms with Crippen molar-refractivity contribution < 1.29 is 9.47 Å². The highest BCUT2D eigenvalue weighted by atomic mass is 16.5. The molecule has 0 saturated heterocycles. The van der Waals surface area contributed by atoms with Crippen LogP contribution in [0.25, 0.3) is 0 Å². The SMILES string of the molecule is COCCOc1ccc(NCC2CC=CCC2)cn1. The first-order chi connectivity index (χ1) is 9.38. The minimum absolute atomic E-state index is 0.532. The van der Waals surface area contributed by atoms with Gasteiger partial charge in [0.25, 0.3) is 0 Å². The Labute approximate surface area is 114 Å². The molecule has 0 aromatic carbocycles. The fraction of sp³-hybridized carbons (Fsp3) is 0.533. The van der Waals surface area contributed by atoms with Crippen molar-refractivity contribution in [1.29, 1.82) is 0 Å². The second-order valence-corrected chi connectivity index (χ2v) is 4.76. The minimum Gasteiger partial charge on any atom is -0.475 e. The summed E-state index contributed by atoms with van der Waals surface area (Å²) in [4.78, 5) is 4.26. The molecular weight excluding hydrogens is 240 g/mol. The lowest BCUT2D eigenvalue weighted by atomic mass is 9.94. The van der Waals surface area contributed by atoms with Crippen LogP contribution in [-0.4, -0.2) is 31.9 Å². The number of rotatable bonds is 7. The largest absolute Gasteiger partial charge is 0.475 e. The molecule has 4 nitrogen and oxygen atoms in total. The molecule has 0 spiro atoms. The Morgan fingerprint density at radius 1 is 1.32 bits per heavy atom. The Hall–Kier alpha value is -1.55. The number of allylic oxidation sites excluding steroid dienone is 2. The molecule has 1 aliphatic carbocycles. The maximum Gasteiger partial charge on any atom is 0.213 e. The number of ether oxygens (including phenoxy) is 2. The van der Waals surface area contributed by atoms with Crippen LogP contribution in [-0.2, 0) is 4.74 Å². The van der Waals surface area contributed by atoms with E-state index in [4.69, 9.17) is 9.47 Å². The molecule has 1 aromatic heterocycles. The molecule has 0 fully saturated rings. The average molecular weight is 262 g/mol. The van der Waals surface area contributed by atoms with E-state index >= 15 is 0 Å². The van der Waals surface area contributed by atoms with Gasteiger partial charge in [-0.15, -0.1) is 0 Å². The van der Waals surface area contributed by atoms with Crippen LogP contribution in [0.1, 0.15) is 19.3 Å². The maximum absolute atomic E-state index is 5.42. The predicted octanol–water partition coefficient (Wildman–Crippen LogP) is 2.88. The van der Waals surface area contributed by atoms with E-state index in [1.165, 1.54) is 19.3 Å². The van der Waals surface area contributed by atoms with Gasteiger partial charge in [0.05, 0.1) is 18.5 Å². The third-order valence-electron chi connectivity index (χ3n) is 3.25. The van der Waals surface area contributed by atoms with Crippen molar-refractivity contribution in [3.8, 4) is 5.88 Å². The van der Waals surface area contributed by atoms with Crippen molar-refractivity contribution in [2.45, 2.75) is 19.3 Å². The lowest BCUT2D eigenvalue weighted by molar-refractivity contribution is 0.144. The van der Waals surface area contributed by atoms with Crippen LogP contribution in [0.15, 0.2) is 30.5 Å². The number of nitrogens with zero attached hydrogens (tertiary/aromatic N) is 1. The second-order valence-electron chi connectivity index (χ2n) is 4.76. The molecule has 1 unspecified atom stereocenters. The summed E-state index contributed by atoms with van der Waals surface area (Å²) in [5, 5.41) is 3.43. The van der Waals surface area contributed by atoms with Crippen LogP contribution in [0, 0.1) is 5.92 Å². The lowest BCUT2D eigenvalue weighted by Gasteiger charge is -2.18. The summed E-state index contributed by atoms with van der Waals surface area (Å²) in [5.41, 5.74) is 1.05. The van der Waals surface area contributed by atoms with Gasteiger partial charge in [0.15, 0.2) is 0 Å². The third kappa shape index (κ3) is 4.91. The topological polar surface area (TPSA) is 43.4 Å². The Morgan fingerprint density at radius 3 is 2.95 bits per heavy atom. The summed E-state index contributed by atoms with van der Waals surface area (Å²) in [6.45, 7) is 2.12. The Balaban J connectivity index is 1.73. The summed E-state index contributed by atoms with van der Waals surface area (Å²) in [6, 6.07) is 3.90. The average Bonchev–Trinajstić information content (AvgIpc) is 2.48. The van der Waals surface area contributed by atoms with Crippen molar-refractivity contribution in [3.63, 3.8) is 0 Å². The smallest absolute Gasteiger partial charge is 0.213 e. The highest BCUT2D eigenvalue weighted by Gasteiger charge is 2.09. The number of aromatic nitrogens is 1. The maximum atomic E-state index is 5.42. The molecule has 0 saturated carbocycles. The lowest BCUT2D eigenvalue weighted by Crippen LogP contribution is -2.15. The monoisotopic (exact) mass is 262 g/mol. The van der Waals surface area contributed by atoms with E-state index in [9.17, 15) is 0 Å². The van der Waals surface area contributed by atoms with Crippen LogP contribution < -0.4 is 10.1 Å². The van der Waals surface area contributed by atoms with Crippen LogP contribution in [0.2, 0.25) is 0 Å². The second kappa shape index (κ2) is 7.79. The molecule has 104 valence electrons. The summed E-state index contributed by atoms with van der Waals surface area (Å²) in [7, 11) is 1.66. The number of anilines is 1. The van der Waals surface area contributed by atoms with Crippen LogP contribution >= 0.6 is 0 Å². The van der Waals surface area contributed by atoms with Crippen LogP contribution in [0.4, 0.5) is 5.69 Å². The highest BCUT2D eigenvalue weighted by molar-refractivity contribution is 5.42. The molecular formula is C15H22N2O2. The summed E-state index contributed by atoms with van der Waals surface area (Å²) in [6.07, 6.45) is 10.0. The highest BCUT2D eigenvalue weighted by Crippen LogP contribution is 2.19. The molecule has 1 aromatic rings. The van der Waals surface area contributed by atoms with Crippen molar-refractivity contribution in [2.24, 2.45) is 5.92 Å². The molecule has 1 aliphatic rings. The zero-order valence-corrected chi connectivity index (χ0v) is 11.5. The first-order valence-corrected chi connectivity index (χ1v) is 6.85. The zero-order valence-electron chi connectivity index (χ0n) is 11.5. The van der Waals surface area contributed by atoms with E-state index < -0.39 is 0 Å². The van der Waals surface area contributed by atoms with E-state index in [0.29, 0.717) is 19.1 Å². The van der Waals surface area contributed by atoms with Crippen molar-refractivity contribution in [2.75, 3.05) is 32.2 Å². The van der Waals surface area contributed by atoms with E-state index in [1.54, 1.807) is 7.11 Å². The minimum atomic E-state index is 0.532. The van der Waals surface area contributed by atoms with Gasteiger partial charge in [0.1, 0.15) is 6.61 Å². The fourth-order valence-corrected chi connectivity index (χ4v) is 2.10. The first kappa shape index (κ1) is 13.9. The molecule has 0 amide bonds. The molecule has 1 N–H and O–H groups in total. The van der Waals surface area contributed by atoms with E-state index in [-0.39, 0.29) is 0 Å². The Bertz CT molecular complexity index is 390. The molecule has 0 radical (unpaired) electrons. The molecule has 0 bridgehead atoms. The first-order valence-electron chi connectivity index (χ1n) is 6.85. The normalized spacial score (nSPS) is 18.3. The standard InChI is InChI=1S/C15H22N2O2/c1-18-9-10-19-15-8-7-14(12-17-15)16-11-13-5-3-2-4-6-13/h2-3,7-8,12-13,16H,4-6,9-11H2,1H3. The van der Waals surface area contributed by atoms with Crippen LogP contribution in [0.5, 0.6) is 5.88 Å². The van der Waals surface area contributed by atoms with Crippen LogP contribution in [0.3, 0.4) is 0 Å². The van der Waals surface area contributed by atoms with Gasteiger partial charge in [-0.3, -0.25) is 0 Å². The predicted molar refractivity (Wildman–Crippen MR) is 76.6 cm³/mol. The molecule has 1 heterocycles. The fourth-order valence-electron chi connectivity index (χ4n) is 2.10. The number of hydrogen-bond acceptors (Lipinski definition) is 4. The third-order valence-corrected chi connectivity index (χ3v) is 3.25. The zero-order chi connectivity index (χ0) is 13.3. The van der Waals surface area contributed by atoms with Gasteiger partial charge in [-0.1, -0.05) is 12.2 Å². The van der Waals surface area contributed by atoms with Gasteiger partial charge in [0.2, 0.25) is 5.88 Å². The van der Waals surface area contributed by atoms with Gasteiger partial charge in [-0.2, -0.15) is 0 Å². The number of nitrogens with one attached hydrogen (secondary N) is 1. The number of pyridine rings is 1. The summed E-state index contributed by atoms with van der Waals surface area (Å²) in [5.74, 6) is 1.38. The van der Waals surface area contributed by atoms with Crippen molar-refractivity contribution >= 4 is 5.69 Å². The van der Waals surface area contributed by atoms with Gasteiger partial charge < -0.3 is 14.8 Å². The van der Waals surface area contributed by atoms with E-state index in [2.05, 4.69) is 22.5 Å². The molecule has 2 rings (SSSR count). The Morgan fingerprint density at radius 2 is 2.26 bits per heavy atom. The molecule has 4 heteroatoms.